The fourth-order valence-corrected chi connectivity index (χ4v) is 2.25. The molecule has 0 aromatic rings. The molecule has 1 saturated heterocycles. The average molecular weight is 413 g/mol. The summed E-state index contributed by atoms with van der Waals surface area (Å²) in [6.07, 6.45) is 0. The molecule has 0 radical (unpaired) electrons. The second-order valence-corrected chi connectivity index (χ2v) is 4.91. The van der Waals surface area contributed by atoms with Gasteiger partial charge in [-0.05, 0) is 13.1 Å². The molecule has 0 aromatic carbocycles. The number of nitrogens with zero attached hydrogens (tertiary/aromatic N) is 3. The number of likely N-dealkylation sites (N-methyl/N-ethyl adjacent to an activating group) is 1. The minimum atomic E-state index is 0. The highest BCUT2D eigenvalue weighted by Crippen LogP contribution is 1.94. The van der Waals surface area contributed by atoms with E-state index in [2.05, 4.69) is 39.3 Å². The molecular formula is C14H32IN5O. The summed E-state index contributed by atoms with van der Waals surface area (Å²) < 4.78 is 5.34. The molecule has 1 aliphatic heterocycles. The fourth-order valence-electron chi connectivity index (χ4n) is 2.25. The Hall–Kier alpha value is -0.120. The summed E-state index contributed by atoms with van der Waals surface area (Å²) in [5, 5.41) is 6.72. The number of rotatable bonds is 8. The van der Waals surface area contributed by atoms with Crippen molar-refractivity contribution >= 4 is 29.9 Å². The molecule has 0 aliphatic carbocycles. The largest absolute Gasteiger partial charge is 0.379 e. The normalized spacial score (nSPS) is 16.7. The topological polar surface area (TPSA) is 52.1 Å². The highest BCUT2D eigenvalue weighted by atomic mass is 127. The quantitative estimate of drug-likeness (QED) is 0.344. The Morgan fingerprint density at radius 3 is 2.33 bits per heavy atom. The minimum absolute atomic E-state index is 0. The Bertz CT molecular complexity index is 268. The molecule has 0 aromatic heterocycles. The van der Waals surface area contributed by atoms with Gasteiger partial charge in [0.2, 0.25) is 0 Å². The lowest BCUT2D eigenvalue weighted by Crippen LogP contribution is -2.45. The number of nitrogens with one attached hydrogen (secondary N) is 2. The van der Waals surface area contributed by atoms with Crippen molar-refractivity contribution in [3.8, 4) is 0 Å². The molecular weight excluding hydrogens is 381 g/mol. The smallest absolute Gasteiger partial charge is 0.191 e. The molecule has 7 heteroatoms. The van der Waals surface area contributed by atoms with Crippen LogP contribution in [0.1, 0.15) is 13.8 Å². The summed E-state index contributed by atoms with van der Waals surface area (Å²) >= 11 is 0. The number of aliphatic imine (C=N–C) groups is 1. The van der Waals surface area contributed by atoms with E-state index in [0.29, 0.717) is 0 Å². The molecule has 1 heterocycles. The van der Waals surface area contributed by atoms with E-state index in [1.54, 1.807) is 0 Å². The van der Waals surface area contributed by atoms with Crippen LogP contribution in [0.2, 0.25) is 0 Å². The van der Waals surface area contributed by atoms with Gasteiger partial charge in [0.1, 0.15) is 0 Å². The molecule has 0 saturated carbocycles. The molecule has 126 valence electrons. The van der Waals surface area contributed by atoms with Crippen LogP contribution >= 0.6 is 24.0 Å². The Kier molecular flexibility index (Phi) is 13.5. The van der Waals surface area contributed by atoms with E-state index in [1.165, 1.54) is 0 Å². The number of morpholine rings is 1. The van der Waals surface area contributed by atoms with E-state index in [0.717, 1.165) is 71.5 Å². The standard InChI is InChI=1S/C14H31N5O.HI/c1-4-18(5-2)8-6-16-14(15-3)17-7-9-19-10-12-20-13-11-19;/h4-13H2,1-3H3,(H2,15,16,17);1H. The Labute approximate surface area is 146 Å². The predicted octanol–water partition coefficient (Wildman–Crippen LogP) is 0.443. The Morgan fingerprint density at radius 1 is 1.14 bits per heavy atom. The first-order valence-corrected chi connectivity index (χ1v) is 7.77. The zero-order valence-electron chi connectivity index (χ0n) is 13.7. The van der Waals surface area contributed by atoms with Gasteiger partial charge in [0.15, 0.2) is 5.96 Å². The number of guanidine groups is 1. The van der Waals surface area contributed by atoms with Crippen LogP contribution in [0.25, 0.3) is 0 Å². The maximum Gasteiger partial charge on any atom is 0.191 e. The SMILES string of the molecule is CCN(CC)CCNC(=NC)NCCN1CCOCC1.I. The lowest BCUT2D eigenvalue weighted by atomic mass is 10.4. The average Bonchev–Trinajstić information content (AvgIpc) is 2.51. The molecule has 0 unspecified atom stereocenters. The first kappa shape index (κ1) is 20.9. The van der Waals surface area contributed by atoms with Crippen LogP contribution in [-0.4, -0.2) is 88.4 Å². The summed E-state index contributed by atoms with van der Waals surface area (Å²) in [4.78, 5) is 9.07. The summed E-state index contributed by atoms with van der Waals surface area (Å²) in [7, 11) is 1.82. The van der Waals surface area contributed by atoms with Crippen molar-refractivity contribution in [1.82, 2.24) is 20.4 Å². The van der Waals surface area contributed by atoms with E-state index in [1.807, 2.05) is 7.05 Å². The number of hydrogen-bond acceptors (Lipinski definition) is 4. The highest BCUT2D eigenvalue weighted by Gasteiger charge is 2.09. The molecule has 21 heavy (non-hydrogen) atoms. The minimum Gasteiger partial charge on any atom is -0.379 e. The van der Waals surface area contributed by atoms with Crippen molar-refractivity contribution in [2.24, 2.45) is 4.99 Å². The molecule has 0 atom stereocenters. The first-order chi connectivity index (χ1) is 9.80. The van der Waals surface area contributed by atoms with Crippen molar-refractivity contribution in [3.05, 3.63) is 0 Å². The first-order valence-electron chi connectivity index (χ1n) is 7.77. The van der Waals surface area contributed by atoms with E-state index < -0.39 is 0 Å². The van der Waals surface area contributed by atoms with Crippen LogP contribution in [0.4, 0.5) is 0 Å². The van der Waals surface area contributed by atoms with Crippen LogP contribution in [0.5, 0.6) is 0 Å². The lowest BCUT2D eigenvalue weighted by Gasteiger charge is -2.26. The molecule has 2 N–H and O–H groups in total. The van der Waals surface area contributed by atoms with Crippen LogP contribution in [0.3, 0.4) is 0 Å². The van der Waals surface area contributed by atoms with Crippen molar-refractivity contribution in [1.29, 1.82) is 0 Å². The van der Waals surface area contributed by atoms with E-state index in [4.69, 9.17) is 4.74 Å². The highest BCUT2D eigenvalue weighted by molar-refractivity contribution is 14.0. The summed E-state index contributed by atoms with van der Waals surface area (Å²) in [5.74, 6) is 0.894. The summed E-state index contributed by atoms with van der Waals surface area (Å²) in [5.41, 5.74) is 0. The van der Waals surface area contributed by atoms with Gasteiger partial charge in [-0.25, -0.2) is 0 Å². The van der Waals surface area contributed by atoms with Crippen LogP contribution in [0, 0.1) is 0 Å². The van der Waals surface area contributed by atoms with Crippen LogP contribution < -0.4 is 10.6 Å². The van der Waals surface area contributed by atoms with Gasteiger partial charge in [0.25, 0.3) is 0 Å². The van der Waals surface area contributed by atoms with Crippen LogP contribution in [-0.2, 0) is 4.74 Å². The van der Waals surface area contributed by atoms with Crippen molar-refractivity contribution < 1.29 is 4.74 Å². The van der Waals surface area contributed by atoms with Crippen molar-refractivity contribution in [3.63, 3.8) is 0 Å². The van der Waals surface area contributed by atoms with Crippen LogP contribution in [0.15, 0.2) is 4.99 Å². The van der Waals surface area contributed by atoms with Gasteiger partial charge < -0.3 is 20.3 Å². The summed E-state index contributed by atoms with van der Waals surface area (Å²) in [6, 6.07) is 0. The third-order valence-electron chi connectivity index (χ3n) is 3.66. The molecule has 0 spiro atoms. The summed E-state index contributed by atoms with van der Waals surface area (Å²) in [6.45, 7) is 14.3. The number of halogens is 1. The third-order valence-corrected chi connectivity index (χ3v) is 3.66. The fraction of sp³-hybridized carbons (Fsp3) is 0.929. The van der Waals surface area contributed by atoms with E-state index in [9.17, 15) is 0 Å². The van der Waals surface area contributed by atoms with Gasteiger partial charge in [-0.1, -0.05) is 13.8 Å². The van der Waals surface area contributed by atoms with E-state index >= 15 is 0 Å². The Balaban J connectivity index is 0.00000400. The lowest BCUT2D eigenvalue weighted by molar-refractivity contribution is 0.0389. The van der Waals surface area contributed by atoms with Gasteiger partial charge in [0.05, 0.1) is 13.2 Å². The van der Waals surface area contributed by atoms with Gasteiger partial charge in [-0.3, -0.25) is 9.89 Å². The zero-order chi connectivity index (χ0) is 14.6. The Morgan fingerprint density at radius 2 is 1.76 bits per heavy atom. The van der Waals surface area contributed by atoms with Gasteiger partial charge in [-0.15, -0.1) is 24.0 Å². The maximum absolute atomic E-state index is 5.34. The third kappa shape index (κ3) is 9.49. The molecule has 6 nitrogen and oxygen atoms in total. The van der Waals surface area contributed by atoms with Gasteiger partial charge in [0, 0.05) is 46.3 Å². The second-order valence-electron chi connectivity index (χ2n) is 4.91. The molecule has 1 rings (SSSR count). The molecule has 0 bridgehead atoms. The maximum atomic E-state index is 5.34. The second kappa shape index (κ2) is 13.5. The molecule has 1 fully saturated rings. The monoisotopic (exact) mass is 413 g/mol. The van der Waals surface area contributed by atoms with Gasteiger partial charge >= 0.3 is 0 Å². The number of ether oxygens (including phenoxy) is 1. The zero-order valence-corrected chi connectivity index (χ0v) is 16.1. The molecule has 0 amide bonds. The van der Waals surface area contributed by atoms with E-state index in [-0.39, 0.29) is 24.0 Å². The van der Waals surface area contributed by atoms with Gasteiger partial charge in [-0.2, -0.15) is 0 Å². The van der Waals surface area contributed by atoms with Crippen molar-refractivity contribution in [2.45, 2.75) is 13.8 Å². The predicted molar refractivity (Wildman–Crippen MR) is 99.8 cm³/mol. The van der Waals surface area contributed by atoms with Crippen molar-refractivity contribution in [2.75, 3.05) is 72.6 Å². The molecule has 1 aliphatic rings. The number of hydrogen-bond donors (Lipinski definition) is 2.